The van der Waals surface area contributed by atoms with E-state index in [1.807, 2.05) is 0 Å². The smallest absolute Gasteiger partial charge is 0.542 e. The Morgan fingerprint density at radius 3 is 0.742 bits per heavy atom. The van der Waals surface area contributed by atoms with Gasteiger partial charge in [0.15, 0.2) is 19.8 Å². The Hall–Kier alpha value is -3.65. The Bertz CT molecular complexity index is 614. The zero-order valence-electron chi connectivity index (χ0n) is 16.1. The molecule has 15 nitrogen and oxygen atoms in total. The van der Waals surface area contributed by atoms with Crippen molar-refractivity contribution in [1.82, 2.24) is 0 Å². The summed E-state index contributed by atoms with van der Waals surface area (Å²) in [6.45, 7) is 0.959. The third kappa shape index (κ3) is 28.7. The minimum absolute atomic E-state index is 0. The molecule has 31 heavy (non-hydrogen) atoms. The average Bonchev–Trinajstić information content (AvgIpc) is 2.62. The summed E-state index contributed by atoms with van der Waals surface area (Å²) >= 11 is 0. The standard InChI is InChI=1S/3C5H6O5.Fe/c3*1-3(6)10-2-4(7)5(8)9;/h3*2H2,1H3,(H,8,9);/q;;;+3/p-3. The van der Waals surface area contributed by atoms with Gasteiger partial charge in [-0.2, -0.15) is 0 Å². The largest absolute Gasteiger partial charge is 3.00 e. The number of carboxylic acids is 3. The second-order valence-corrected chi connectivity index (χ2v) is 4.47. The topological polar surface area (TPSA) is 250 Å². The molecule has 0 aliphatic carbocycles. The Labute approximate surface area is 184 Å². The van der Waals surface area contributed by atoms with Crippen LogP contribution in [0.5, 0.6) is 0 Å². The van der Waals surface area contributed by atoms with Gasteiger partial charge in [-0.15, -0.1) is 0 Å². The third-order valence-electron chi connectivity index (χ3n) is 1.90. The van der Waals surface area contributed by atoms with Crippen molar-refractivity contribution in [2.45, 2.75) is 20.8 Å². The van der Waals surface area contributed by atoms with E-state index in [-0.39, 0.29) is 17.1 Å². The summed E-state index contributed by atoms with van der Waals surface area (Å²) in [5.74, 6) is -11.4. The number of esters is 3. The summed E-state index contributed by atoms with van der Waals surface area (Å²) in [5, 5.41) is 29.0. The predicted molar refractivity (Wildman–Crippen MR) is 79.9 cm³/mol. The van der Waals surface area contributed by atoms with Crippen LogP contribution < -0.4 is 15.3 Å². The molecule has 0 aromatic carbocycles. The monoisotopic (exact) mass is 491 g/mol. The summed E-state index contributed by atoms with van der Waals surface area (Å²) in [6, 6.07) is 0. The fourth-order valence-corrected chi connectivity index (χ4v) is 0.678. The van der Waals surface area contributed by atoms with Crippen LogP contribution in [0.4, 0.5) is 0 Å². The molecule has 0 aliphatic heterocycles. The van der Waals surface area contributed by atoms with Crippen molar-refractivity contribution in [3.8, 4) is 0 Å². The Morgan fingerprint density at radius 2 is 0.645 bits per heavy atom. The van der Waals surface area contributed by atoms with E-state index in [1.165, 1.54) is 0 Å². The summed E-state index contributed by atoms with van der Waals surface area (Å²) in [5.41, 5.74) is 0. The first kappa shape index (κ1) is 34.8. The van der Waals surface area contributed by atoms with Gasteiger partial charge in [-0.3, -0.25) is 28.8 Å². The molecule has 0 heterocycles. The minimum atomic E-state index is -1.85. The molecule has 0 saturated carbocycles. The molecule has 173 valence electrons. The maximum atomic E-state index is 10.1. The zero-order valence-corrected chi connectivity index (χ0v) is 17.2. The van der Waals surface area contributed by atoms with Gasteiger partial charge in [0.25, 0.3) is 0 Å². The maximum absolute atomic E-state index is 10.1. The molecule has 1 radical (unpaired) electrons. The fourth-order valence-electron chi connectivity index (χ4n) is 0.678. The average molecular weight is 491 g/mol. The molecular formula is C15H15FeO15. The normalized spacial score (nSPS) is 8.23. The van der Waals surface area contributed by atoms with Gasteiger partial charge in [-0.1, -0.05) is 0 Å². The number of ether oxygens (including phenoxy) is 3. The molecule has 0 unspecified atom stereocenters. The van der Waals surface area contributed by atoms with Crippen LogP contribution in [-0.2, 0) is 74.4 Å². The Kier molecular flexibility index (Phi) is 22.1. The van der Waals surface area contributed by atoms with Gasteiger partial charge >= 0.3 is 35.0 Å². The van der Waals surface area contributed by atoms with E-state index in [9.17, 15) is 58.5 Å². The minimum Gasteiger partial charge on any atom is -0.542 e. The molecule has 0 aliphatic rings. The van der Waals surface area contributed by atoms with Crippen LogP contribution in [0, 0.1) is 0 Å². The molecule has 0 aromatic rings. The van der Waals surface area contributed by atoms with Crippen LogP contribution in [0.15, 0.2) is 0 Å². The van der Waals surface area contributed by atoms with Crippen molar-refractivity contribution in [1.29, 1.82) is 0 Å². The van der Waals surface area contributed by atoms with Crippen LogP contribution >= 0.6 is 0 Å². The van der Waals surface area contributed by atoms with E-state index in [1.54, 1.807) is 0 Å². The number of carboxylic acid groups (broad SMARTS) is 3. The number of carbonyl (C=O) groups excluding carboxylic acids is 9. The van der Waals surface area contributed by atoms with Crippen LogP contribution in [0.1, 0.15) is 20.8 Å². The second-order valence-electron chi connectivity index (χ2n) is 4.47. The van der Waals surface area contributed by atoms with Crippen molar-refractivity contribution in [3.05, 3.63) is 0 Å². The first-order chi connectivity index (χ1) is 13.6. The number of rotatable bonds is 9. The summed E-state index contributed by atoms with van der Waals surface area (Å²) < 4.78 is 12.2. The number of carbonyl (C=O) groups is 9. The molecule has 0 bridgehead atoms. The maximum Gasteiger partial charge on any atom is 3.00 e. The van der Waals surface area contributed by atoms with Crippen molar-refractivity contribution >= 4 is 53.2 Å². The molecule has 0 spiro atoms. The van der Waals surface area contributed by atoms with E-state index >= 15 is 0 Å². The van der Waals surface area contributed by atoms with E-state index in [0.29, 0.717) is 0 Å². The first-order valence-corrected chi connectivity index (χ1v) is 7.24. The van der Waals surface area contributed by atoms with Gasteiger partial charge < -0.3 is 43.9 Å². The number of hydrogen-bond acceptors (Lipinski definition) is 15. The quantitative estimate of drug-likeness (QED) is 0.126. The Balaban J connectivity index is -0.000000174. The fraction of sp³-hybridized carbons (Fsp3) is 0.400. The molecule has 0 N–H and O–H groups in total. The summed E-state index contributed by atoms with van der Waals surface area (Å²) in [7, 11) is 0. The summed E-state index contributed by atoms with van der Waals surface area (Å²) in [4.78, 5) is 89.3. The second kappa shape index (κ2) is 19.7. The number of ketones is 3. The molecule has 0 aromatic heterocycles. The zero-order chi connectivity index (χ0) is 24.4. The number of hydrogen-bond donors (Lipinski definition) is 0. The predicted octanol–water partition coefficient (Wildman–Crippen LogP) is -6.40. The van der Waals surface area contributed by atoms with Gasteiger partial charge in [-0.25, -0.2) is 0 Å². The molecule has 0 saturated heterocycles. The van der Waals surface area contributed by atoms with Gasteiger partial charge in [0.05, 0.1) is 0 Å². The molecule has 16 heteroatoms. The van der Waals surface area contributed by atoms with Gasteiger partial charge in [0.1, 0.15) is 17.9 Å². The van der Waals surface area contributed by atoms with Gasteiger partial charge in [0, 0.05) is 20.8 Å². The van der Waals surface area contributed by atoms with Gasteiger partial charge in [0.2, 0.25) is 17.3 Å². The number of aliphatic carboxylic acids is 3. The molecule has 0 rings (SSSR count). The van der Waals surface area contributed by atoms with Crippen molar-refractivity contribution in [2.75, 3.05) is 19.8 Å². The molecule has 0 atom stereocenters. The van der Waals surface area contributed by atoms with Crippen LogP contribution in [0.3, 0.4) is 0 Å². The third-order valence-corrected chi connectivity index (χ3v) is 1.90. The van der Waals surface area contributed by atoms with E-state index in [0.717, 1.165) is 20.8 Å². The van der Waals surface area contributed by atoms with E-state index in [2.05, 4.69) is 14.2 Å². The van der Waals surface area contributed by atoms with Crippen LogP contribution in [-0.4, -0.2) is 73.0 Å². The Morgan fingerprint density at radius 1 is 0.484 bits per heavy atom. The first-order valence-electron chi connectivity index (χ1n) is 7.24. The summed E-state index contributed by atoms with van der Waals surface area (Å²) in [6.07, 6.45) is 0. The van der Waals surface area contributed by atoms with E-state index < -0.39 is 73.0 Å². The van der Waals surface area contributed by atoms with Crippen LogP contribution in [0.25, 0.3) is 0 Å². The van der Waals surface area contributed by atoms with Gasteiger partial charge in [-0.05, 0) is 0 Å². The molecular weight excluding hydrogens is 476 g/mol. The van der Waals surface area contributed by atoms with E-state index in [4.69, 9.17) is 0 Å². The molecule has 0 amide bonds. The molecule has 0 fully saturated rings. The van der Waals surface area contributed by atoms with Crippen molar-refractivity contribution in [3.63, 3.8) is 0 Å². The SMILES string of the molecule is CC(=O)OCC(=O)C(=O)[O-].CC(=O)OCC(=O)C(=O)[O-].CC(=O)OCC(=O)C(=O)[O-].[Fe+3]. The number of Topliss-reactive ketones (excluding diaryl/α,β-unsaturated/α-hetero) is 3. The van der Waals surface area contributed by atoms with Crippen molar-refractivity contribution < 1.29 is 89.7 Å². The van der Waals surface area contributed by atoms with Crippen LogP contribution in [0.2, 0.25) is 0 Å². The van der Waals surface area contributed by atoms with Crippen molar-refractivity contribution in [2.24, 2.45) is 0 Å².